The topological polar surface area (TPSA) is 38.0 Å². The van der Waals surface area contributed by atoms with E-state index in [9.17, 15) is 8.78 Å². The Bertz CT molecular complexity index is 373. The van der Waals surface area contributed by atoms with Gasteiger partial charge in [-0.1, -0.05) is 0 Å². The second-order valence-corrected chi connectivity index (χ2v) is 3.68. The van der Waals surface area contributed by atoms with Crippen LogP contribution in [0.5, 0.6) is 0 Å². The van der Waals surface area contributed by atoms with Crippen LogP contribution in [0, 0.1) is 18.6 Å². The maximum Gasteiger partial charge on any atom is 0.154 e. The van der Waals surface area contributed by atoms with Crippen molar-refractivity contribution in [2.45, 2.75) is 25.8 Å². The smallest absolute Gasteiger partial charge is 0.154 e. The van der Waals surface area contributed by atoms with E-state index in [1.807, 2.05) is 0 Å². The number of benzene rings is 1. The molecule has 0 aliphatic heterocycles. The van der Waals surface area contributed by atoms with Gasteiger partial charge in [0.05, 0.1) is 11.4 Å². The Balaban J connectivity index is 2.38. The van der Waals surface area contributed by atoms with Crippen molar-refractivity contribution in [2.75, 3.05) is 11.1 Å². The second-order valence-electron chi connectivity index (χ2n) is 3.68. The number of hydrogen-bond donors (Lipinski definition) is 2. The molecular weight excluding hydrogens is 186 g/mol. The van der Waals surface area contributed by atoms with Gasteiger partial charge in [0.1, 0.15) is 5.82 Å². The van der Waals surface area contributed by atoms with Gasteiger partial charge in [0, 0.05) is 11.6 Å². The van der Waals surface area contributed by atoms with Gasteiger partial charge < -0.3 is 11.1 Å². The van der Waals surface area contributed by atoms with Crippen LogP contribution in [0.1, 0.15) is 18.4 Å². The van der Waals surface area contributed by atoms with Gasteiger partial charge in [0.2, 0.25) is 0 Å². The summed E-state index contributed by atoms with van der Waals surface area (Å²) >= 11 is 0. The van der Waals surface area contributed by atoms with E-state index >= 15 is 0 Å². The molecule has 0 unspecified atom stereocenters. The molecule has 0 atom stereocenters. The van der Waals surface area contributed by atoms with Gasteiger partial charge >= 0.3 is 0 Å². The van der Waals surface area contributed by atoms with Crippen molar-refractivity contribution < 1.29 is 8.78 Å². The Labute approximate surface area is 81.1 Å². The molecule has 1 aliphatic carbocycles. The lowest BCUT2D eigenvalue weighted by Crippen LogP contribution is -2.07. The van der Waals surface area contributed by atoms with E-state index in [1.165, 1.54) is 13.0 Å². The minimum absolute atomic E-state index is 0.0100. The summed E-state index contributed by atoms with van der Waals surface area (Å²) in [6, 6.07) is 1.59. The number of rotatable bonds is 2. The van der Waals surface area contributed by atoms with Crippen LogP contribution >= 0.6 is 0 Å². The lowest BCUT2D eigenvalue weighted by atomic mass is 10.1. The summed E-state index contributed by atoms with van der Waals surface area (Å²) < 4.78 is 26.5. The Hall–Kier alpha value is -1.32. The van der Waals surface area contributed by atoms with Crippen LogP contribution in [-0.4, -0.2) is 6.04 Å². The van der Waals surface area contributed by atoms with Gasteiger partial charge in [0.15, 0.2) is 5.82 Å². The molecule has 0 aromatic heterocycles. The van der Waals surface area contributed by atoms with Crippen LogP contribution in [0.4, 0.5) is 20.2 Å². The molecule has 2 rings (SSSR count). The van der Waals surface area contributed by atoms with Crippen LogP contribution in [-0.2, 0) is 0 Å². The quantitative estimate of drug-likeness (QED) is 0.716. The van der Waals surface area contributed by atoms with E-state index in [1.54, 1.807) is 0 Å². The molecule has 3 N–H and O–H groups in total. The van der Waals surface area contributed by atoms with Gasteiger partial charge in [-0.3, -0.25) is 0 Å². The molecule has 1 aliphatic rings. The van der Waals surface area contributed by atoms with E-state index in [0.717, 1.165) is 12.8 Å². The van der Waals surface area contributed by atoms with Crippen molar-refractivity contribution in [3.63, 3.8) is 0 Å². The fourth-order valence-corrected chi connectivity index (χ4v) is 1.30. The highest BCUT2D eigenvalue weighted by molar-refractivity contribution is 5.68. The number of anilines is 2. The lowest BCUT2D eigenvalue weighted by molar-refractivity contribution is 0.572. The second kappa shape index (κ2) is 3.12. The summed E-state index contributed by atoms with van der Waals surface area (Å²) in [4.78, 5) is 0. The highest BCUT2D eigenvalue weighted by Gasteiger charge is 2.23. The van der Waals surface area contributed by atoms with E-state index in [0.29, 0.717) is 11.7 Å². The highest BCUT2D eigenvalue weighted by atomic mass is 19.1. The largest absolute Gasteiger partial charge is 0.395 e. The fourth-order valence-electron chi connectivity index (χ4n) is 1.30. The lowest BCUT2D eigenvalue weighted by Gasteiger charge is -2.11. The summed E-state index contributed by atoms with van der Waals surface area (Å²) in [5, 5.41) is 2.99. The third-order valence-corrected chi connectivity index (χ3v) is 2.42. The molecule has 0 amide bonds. The maximum atomic E-state index is 13.3. The normalized spacial score (nSPS) is 15.6. The van der Waals surface area contributed by atoms with Crippen molar-refractivity contribution in [1.29, 1.82) is 0 Å². The first-order valence-electron chi connectivity index (χ1n) is 4.60. The van der Waals surface area contributed by atoms with Gasteiger partial charge in [0.25, 0.3) is 0 Å². The molecule has 14 heavy (non-hydrogen) atoms. The molecule has 0 radical (unpaired) electrons. The van der Waals surface area contributed by atoms with Crippen LogP contribution in [0.3, 0.4) is 0 Å². The molecule has 1 aromatic carbocycles. The van der Waals surface area contributed by atoms with E-state index < -0.39 is 11.6 Å². The fraction of sp³-hybridized carbons (Fsp3) is 0.400. The first kappa shape index (κ1) is 9.24. The van der Waals surface area contributed by atoms with Crippen molar-refractivity contribution in [1.82, 2.24) is 0 Å². The van der Waals surface area contributed by atoms with Crippen molar-refractivity contribution >= 4 is 11.4 Å². The van der Waals surface area contributed by atoms with Crippen LogP contribution < -0.4 is 11.1 Å². The minimum Gasteiger partial charge on any atom is -0.395 e. The summed E-state index contributed by atoms with van der Waals surface area (Å²) in [6.45, 7) is 1.38. The SMILES string of the molecule is Cc1c(F)cc(NC2CC2)c(N)c1F. The molecule has 1 fully saturated rings. The Morgan fingerprint density at radius 1 is 1.43 bits per heavy atom. The molecule has 1 aromatic rings. The average Bonchev–Trinajstić information content (AvgIpc) is 2.94. The number of nitrogen functional groups attached to an aromatic ring is 1. The highest BCUT2D eigenvalue weighted by Crippen LogP contribution is 2.31. The predicted octanol–water partition coefficient (Wildman–Crippen LogP) is 2.43. The molecule has 0 spiro atoms. The zero-order chi connectivity index (χ0) is 10.3. The zero-order valence-corrected chi connectivity index (χ0v) is 7.90. The minimum atomic E-state index is -0.659. The Morgan fingerprint density at radius 3 is 2.64 bits per heavy atom. The molecular formula is C10H12F2N2. The summed E-state index contributed by atoms with van der Waals surface area (Å²) in [5.41, 5.74) is 5.88. The van der Waals surface area contributed by atoms with Crippen LogP contribution in [0.25, 0.3) is 0 Å². The zero-order valence-electron chi connectivity index (χ0n) is 7.90. The van der Waals surface area contributed by atoms with Crippen LogP contribution in [0.15, 0.2) is 6.07 Å². The van der Waals surface area contributed by atoms with Gasteiger partial charge in [-0.05, 0) is 25.8 Å². The van der Waals surface area contributed by atoms with Crippen molar-refractivity contribution in [2.24, 2.45) is 0 Å². The maximum absolute atomic E-state index is 13.3. The third-order valence-electron chi connectivity index (χ3n) is 2.42. The van der Waals surface area contributed by atoms with Gasteiger partial charge in [-0.15, -0.1) is 0 Å². The summed E-state index contributed by atoms with van der Waals surface area (Å²) in [5.74, 6) is -1.21. The van der Waals surface area contributed by atoms with E-state index in [4.69, 9.17) is 5.73 Å². The predicted molar refractivity (Wildman–Crippen MR) is 52.2 cm³/mol. The molecule has 0 bridgehead atoms. The molecule has 0 heterocycles. The molecule has 2 nitrogen and oxygen atoms in total. The Morgan fingerprint density at radius 2 is 2.07 bits per heavy atom. The molecule has 1 saturated carbocycles. The van der Waals surface area contributed by atoms with Crippen molar-refractivity contribution in [3.05, 3.63) is 23.3 Å². The van der Waals surface area contributed by atoms with E-state index in [-0.39, 0.29) is 11.3 Å². The third kappa shape index (κ3) is 1.52. The Kier molecular flexibility index (Phi) is 2.06. The standard InChI is InChI=1S/C10H12F2N2/c1-5-7(11)4-8(10(13)9(5)12)14-6-2-3-6/h4,6,14H,2-3,13H2,1H3. The first-order valence-corrected chi connectivity index (χ1v) is 4.60. The first-order chi connectivity index (χ1) is 6.59. The molecule has 76 valence electrons. The van der Waals surface area contributed by atoms with Gasteiger partial charge in [-0.25, -0.2) is 8.78 Å². The monoisotopic (exact) mass is 198 g/mol. The number of nitrogens with one attached hydrogen (secondary N) is 1. The van der Waals surface area contributed by atoms with E-state index in [2.05, 4.69) is 5.32 Å². The number of halogens is 2. The molecule has 0 saturated heterocycles. The summed E-state index contributed by atoms with van der Waals surface area (Å²) in [7, 11) is 0. The van der Waals surface area contributed by atoms with Crippen LogP contribution in [0.2, 0.25) is 0 Å². The van der Waals surface area contributed by atoms with Crippen molar-refractivity contribution in [3.8, 4) is 0 Å². The number of hydrogen-bond acceptors (Lipinski definition) is 2. The van der Waals surface area contributed by atoms with Gasteiger partial charge in [-0.2, -0.15) is 0 Å². The average molecular weight is 198 g/mol. The summed E-state index contributed by atoms with van der Waals surface area (Å²) in [6.07, 6.45) is 2.08. The number of nitrogens with two attached hydrogens (primary N) is 1. The molecule has 4 heteroatoms.